The Hall–Kier alpha value is -4.51. The third-order valence-electron chi connectivity index (χ3n) is 5.79. The van der Waals surface area contributed by atoms with Gasteiger partial charge >= 0.3 is 17.9 Å². The van der Waals surface area contributed by atoms with Crippen molar-refractivity contribution in [2.24, 2.45) is 4.99 Å². The van der Waals surface area contributed by atoms with E-state index in [9.17, 15) is 19.2 Å². The summed E-state index contributed by atoms with van der Waals surface area (Å²) >= 11 is 1.18. The first-order valence-electron chi connectivity index (χ1n) is 12.6. The second-order valence-electron chi connectivity index (χ2n) is 8.70. The molecule has 4 rings (SSSR count). The highest BCUT2D eigenvalue weighted by atomic mass is 32.1. The zero-order valence-electron chi connectivity index (χ0n) is 22.7. The molecular weight excluding hydrogens is 536 g/mol. The molecule has 0 radical (unpaired) electrons. The zero-order valence-corrected chi connectivity index (χ0v) is 23.5. The number of nitrogens with zero attached hydrogens (tertiary/aromatic N) is 2. The number of rotatable bonds is 8. The molecule has 0 fully saturated rings. The topological polar surface area (TPSA) is 122 Å². The monoisotopic (exact) mass is 564 g/mol. The maximum atomic E-state index is 13.8. The number of aromatic nitrogens is 1. The largest absolute Gasteiger partial charge is 0.490 e. The Morgan fingerprint density at radius 3 is 2.30 bits per heavy atom. The van der Waals surface area contributed by atoms with Gasteiger partial charge in [0.2, 0.25) is 0 Å². The number of fused-ring (bicyclic) bond motifs is 1. The number of benzene rings is 2. The molecule has 11 heteroatoms. The van der Waals surface area contributed by atoms with Gasteiger partial charge in [0.25, 0.3) is 5.56 Å². The third kappa shape index (κ3) is 6.04. The van der Waals surface area contributed by atoms with Gasteiger partial charge in [-0.2, -0.15) is 0 Å². The second-order valence-corrected chi connectivity index (χ2v) is 9.71. The van der Waals surface area contributed by atoms with E-state index in [0.29, 0.717) is 44.3 Å². The fourth-order valence-corrected chi connectivity index (χ4v) is 5.31. The van der Waals surface area contributed by atoms with Crippen LogP contribution in [0.4, 0.5) is 0 Å². The highest BCUT2D eigenvalue weighted by molar-refractivity contribution is 7.07. The molecule has 0 saturated heterocycles. The molecule has 0 unspecified atom stereocenters. The third-order valence-corrected chi connectivity index (χ3v) is 6.78. The summed E-state index contributed by atoms with van der Waals surface area (Å²) in [5.74, 6) is -0.531. The zero-order chi connectivity index (χ0) is 29.0. The van der Waals surface area contributed by atoms with Crippen molar-refractivity contribution in [1.82, 2.24) is 4.57 Å². The molecule has 3 aromatic rings. The molecule has 0 bridgehead atoms. The summed E-state index contributed by atoms with van der Waals surface area (Å²) in [5.41, 5.74) is 1.59. The molecule has 10 nitrogen and oxygen atoms in total. The number of thiazole rings is 1. The molecular formula is C29H28N2O8S. The predicted octanol–water partition coefficient (Wildman–Crippen LogP) is 3.05. The Balaban J connectivity index is 1.86. The Morgan fingerprint density at radius 1 is 0.975 bits per heavy atom. The molecule has 0 N–H and O–H groups in total. The molecule has 1 aliphatic rings. The number of hydrogen-bond donors (Lipinski definition) is 0. The summed E-state index contributed by atoms with van der Waals surface area (Å²) in [7, 11) is 0. The van der Waals surface area contributed by atoms with E-state index in [0.717, 1.165) is 0 Å². The summed E-state index contributed by atoms with van der Waals surface area (Å²) in [6.45, 7) is 8.33. The summed E-state index contributed by atoms with van der Waals surface area (Å²) in [5, 5.41) is 0. The Labute approximate surface area is 233 Å². The van der Waals surface area contributed by atoms with Gasteiger partial charge in [0, 0.05) is 13.8 Å². The van der Waals surface area contributed by atoms with Gasteiger partial charge in [0.1, 0.15) is 5.75 Å². The SMILES string of the molecule is CCOC(=O)C1=C(C)N=c2s/c(=C/c3ccc(OC(C)=O)c(OCC)c3)c(=O)n2[C@H]1c1ccc(OC(C)=O)cc1. The van der Waals surface area contributed by atoms with Crippen LogP contribution < -0.4 is 29.1 Å². The van der Waals surface area contributed by atoms with Crippen LogP contribution in [0.25, 0.3) is 6.08 Å². The lowest BCUT2D eigenvalue weighted by Crippen LogP contribution is -2.39. The van der Waals surface area contributed by atoms with Gasteiger partial charge in [-0.3, -0.25) is 19.0 Å². The van der Waals surface area contributed by atoms with E-state index in [-0.39, 0.29) is 23.5 Å². The summed E-state index contributed by atoms with van der Waals surface area (Å²) in [4.78, 5) is 54.7. The van der Waals surface area contributed by atoms with Crippen molar-refractivity contribution in [2.45, 2.75) is 40.7 Å². The van der Waals surface area contributed by atoms with Gasteiger partial charge in [0.15, 0.2) is 16.3 Å². The van der Waals surface area contributed by atoms with Crippen molar-refractivity contribution in [2.75, 3.05) is 13.2 Å². The van der Waals surface area contributed by atoms with Crippen LogP contribution in [0, 0.1) is 0 Å². The molecule has 0 aliphatic carbocycles. The van der Waals surface area contributed by atoms with Crippen molar-refractivity contribution in [3.05, 3.63) is 84.5 Å². The minimum atomic E-state index is -0.811. The second kappa shape index (κ2) is 12.1. The van der Waals surface area contributed by atoms with Crippen molar-refractivity contribution in [3.8, 4) is 17.2 Å². The number of ether oxygens (including phenoxy) is 4. The molecule has 1 aromatic heterocycles. The first kappa shape index (κ1) is 28.5. The number of allylic oxidation sites excluding steroid dienone is 1. The van der Waals surface area contributed by atoms with E-state index in [1.165, 1.54) is 29.8 Å². The van der Waals surface area contributed by atoms with E-state index >= 15 is 0 Å². The molecule has 1 aliphatic heterocycles. The summed E-state index contributed by atoms with van der Waals surface area (Å²) in [6, 6.07) is 10.8. The Kier molecular flexibility index (Phi) is 8.64. The Bertz CT molecular complexity index is 1680. The van der Waals surface area contributed by atoms with Crippen molar-refractivity contribution in [1.29, 1.82) is 0 Å². The molecule has 0 saturated carbocycles. The minimum Gasteiger partial charge on any atom is -0.490 e. The summed E-state index contributed by atoms with van der Waals surface area (Å²) < 4.78 is 23.1. The molecule has 2 aromatic carbocycles. The van der Waals surface area contributed by atoms with Crippen molar-refractivity contribution >= 4 is 35.3 Å². The maximum absolute atomic E-state index is 13.8. The lowest BCUT2D eigenvalue weighted by atomic mass is 9.96. The van der Waals surface area contributed by atoms with Crippen LogP contribution >= 0.6 is 11.3 Å². The number of carbonyl (C=O) groups is 3. The molecule has 208 valence electrons. The molecule has 0 spiro atoms. The average molecular weight is 565 g/mol. The predicted molar refractivity (Wildman–Crippen MR) is 147 cm³/mol. The number of hydrogen-bond acceptors (Lipinski definition) is 10. The summed E-state index contributed by atoms with van der Waals surface area (Å²) in [6.07, 6.45) is 1.69. The number of carbonyl (C=O) groups excluding carboxylic acids is 3. The first-order chi connectivity index (χ1) is 19.1. The van der Waals surface area contributed by atoms with Gasteiger partial charge in [-0.25, -0.2) is 9.79 Å². The Morgan fingerprint density at radius 2 is 1.68 bits per heavy atom. The van der Waals surface area contributed by atoms with Gasteiger partial charge in [-0.1, -0.05) is 29.5 Å². The van der Waals surface area contributed by atoms with Crippen LogP contribution in [-0.2, 0) is 19.1 Å². The molecule has 2 heterocycles. The first-order valence-corrected chi connectivity index (χ1v) is 13.4. The van der Waals surface area contributed by atoms with Crippen molar-refractivity contribution in [3.63, 3.8) is 0 Å². The van der Waals surface area contributed by atoms with E-state index in [1.54, 1.807) is 62.4 Å². The smallest absolute Gasteiger partial charge is 0.338 e. The minimum absolute atomic E-state index is 0.156. The highest BCUT2D eigenvalue weighted by Crippen LogP contribution is 2.32. The van der Waals surface area contributed by atoms with Crippen molar-refractivity contribution < 1.29 is 33.3 Å². The highest BCUT2D eigenvalue weighted by Gasteiger charge is 2.33. The van der Waals surface area contributed by atoms with Crippen LogP contribution in [-0.4, -0.2) is 35.7 Å². The standard InChI is InChI=1S/C29H28N2O8S/c1-6-36-23-14-19(8-13-22(23)39-18(5)33)15-24-27(34)31-26(20-9-11-21(12-10-20)38-17(4)32)25(28(35)37-7-2)16(3)30-29(31)40-24/h8-15,26H,6-7H2,1-5H3/b24-15+/t26-/m0/s1. The van der Waals surface area contributed by atoms with Crippen LogP contribution in [0.3, 0.4) is 0 Å². The molecule has 1 atom stereocenters. The number of esters is 3. The van der Waals surface area contributed by atoms with Crippen LogP contribution in [0.2, 0.25) is 0 Å². The molecule has 0 amide bonds. The fraction of sp³-hybridized carbons (Fsp3) is 0.276. The van der Waals surface area contributed by atoms with Gasteiger partial charge in [-0.05, 0) is 62.2 Å². The van der Waals surface area contributed by atoms with Gasteiger partial charge in [0.05, 0.1) is 35.1 Å². The quantitative estimate of drug-likeness (QED) is 0.302. The van der Waals surface area contributed by atoms with E-state index in [1.807, 2.05) is 6.92 Å². The van der Waals surface area contributed by atoms with E-state index < -0.39 is 23.9 Å². The molecule has 40 heavy (non-hydrogen) atoms. The van der Waals surface area contributed by atoms with E-state index in [4.69, 9.17) is 18.9 Å². The van der Waals surface area contributed by atoms with E-state index in [2.05, 4.69) is 4.99 Å². The van der Waals surface area contributed by atoms with Crippen LogP contribution in [0.5, 0.6) is 17.2 Å². The fourth-order valence-electron chi connectivity index (χ4n) is 4.26. The van der Waals surface area contributed by atoms with Crippen LogP contribution in [0.15, 0.2) is 63.5 Å². The average Bonchev–Trinajstić information content (AvgIpc) is 3.19. The van der Waals surface area contributed by atoms with Crippen LogP contribution in [0.1, 0.15) is 51.8 Å². The lowest BCUT2D eigenvalue weighted by molar-refractivity contribution is -0.139. The van der Waals surface area contributed by atoms with Gasteiger partial charge < -0.3 is 18.9 Å². The lowest BCUT2D eigenvalue weighted by Gasteiger charge is -2.24. The normalized spacial score (nSPS) is 14.7. The van der Waals surface area contributed by atoms with Gasteiger partial charge in [-0.15, -0.1) is 0 Å². The maximum Gasteiger partial charge on any atom is 0.338 e.